The fourth-order valence-electron chi connectivity index (χ4n) is 2.12. The van der Waals surface area contributed by atoms with Gasteiger partial charge in [-0.1, -0.05) is 0 Å². The van der Waals surface area contributed by atoms with Crippen molar-refractivity contribution >= 4 is 6.03 Å². The Bertz CT molecular complexity index is 490. The molecule has 1 radical (unpaired) electrons. The van der Waals surface area contributed by atoms with Crippen LogP contribution in [0.15, 0.2) is 6.07 Å². The SMILES string of the molecule is Cc1cc(C)nc([C]2NN(C(C)C)C(=O)N(C(C)C)N2)n1. The topological polar surface area (TPSA) is 73.4 Å². The van der Waals surface area contributed by atoms with E-state index >= 15 is 0 Å². The molecule has 0 spiro atoms. The van der Waals surface area contributed by atoms with Crippen molar-refractivity contribution in [2.45, 2.75) is 53.6 Å². The molecule has 7 nitrogen and oxygen atoms in total. The molecule has 0 aliphatic carbocycles. The maximum Gasteiger partial charge on any atom is 0.349 e. The van der Waals surface area contributed by atoms with Crippen molar-refractivity contribution in [2.24, 2.45) is 0 Å². The third kappa shape index (κ3) is 3.30. The molecule has 0 bridgehead atoms. The summed E-state index contributed by atoms with van der Waals surface area (Å²) in [4.78, 5) is 21.3. The number of aromatic nitrogens is 2. The number of urea groups is 1. The van der Waals surface area contributed by atoms with Gasteiger partial charge in [-0.3, -0.25) is 10.0 Å². The molecule has 1 aliphatic rings. The predicted octanol–water partition coefficient (Wildman–Crippen LogP) is 1.49. The number of aryl methyl sites for hydroxylation is 2. The van der Waals surface area contributed by atoms with E-state index in [1.165, 1.54) is 0 Å². The van der Waals surface area contributed by atoms with Gasteiger partial charge in [-0.05, 0) is 47.6 Å². The van der Waals surface area contributed by atoms with Gasteiger partial charge in [-0.15, -0.1) is 0 Å². The molecule has 0 atom stereocenters. The largest absolute Gasteiger partial charge is 0.349 e. The van der Waals surface area contributed by atoms with Crippen LogP contribution in [-0.4, -0.2) is 38.1 Å². The van der Waals surface area contributed by atoms with E-state index in [-0.39, 0.29) is 18.1 Å². The molecule has 1 aromatic rings. The standard InChI is InChI=1S/C14H23N6O/c1-8(2)19-14(21)20(9(3)4)18-13(17-19)12-15-10(5)7-11(6)16-12/h7-9,17-18H,1-6H3. The number of nitrogens with one attached hydrogen (secondary N) is 2. The average Bonchev–Trinajstić information content (AvgIpc) is 2.36. The van der Waals surface area contributed by atoms with E-state index in [0.717, 1.165) is 11.4 Å². The van der Waals surface area contributed by atoms with Gasteiger partial charge in [0, 0.05) is 23.5 Å². The van der Waals surface area contributed by atoms with Crippen molar-refractivity contribution in [3.05, 3.63) is 29.4 Å². The Morgan fingerprint density at radius 3 is 1.76 bits per heavy atom. The molecule has 2 amide bonds. The summed E-state index contributed by atoms with van der Waals surface area (Å²) in [6.45, 7) is 11.7. The van der Waals surface area contributed by atoms with Crippen LogP contribution in [0.3, 0.4) is 0 Å². The smallest absolute Gasteiger partial charge is 0.254 e. The molecule has 115 valence electrons. The van der Waals surface area contributed by atoms with Gasteiger partial charge >= 0.3 is 6.03 Å². The molecule has 21 heavy (non-hydrogen) atoms. The van der Waals surface area contributed by atoms with E-state index in [1.54, 1.807) is 10.0 Å². The number of amides is 2. The maximum atomic E-state index is 12.4. The van der Waals surface area contributed by atoms with Crippen molar-refractivity contribution in [1.82, 2.24) is 30.8 Å². The first-order valence-corrected chi connectivity index (χ1v) is 7.15. The lowest BCUT2D eigenvalue weighted by Crippen LogP contribution is -2.68. The van der Waals surface area contributed by atoms with Gasteiger partial charge in [-0.2, -0.15) is 10.9 Å². The Kier molecular flexibility index (Phi) is 4.43. The van der Waals surface area contributed by atoms with Crippen LogP contribution in [0, 0.1) is 20.0 Å². The summed E-state index contributed by atoms with van der Waals surface area (Å²) in [5, 5.41) is 3.15. The molecule has 1 aliphatic heterocycles. The summed E-state index contributed by atoms with van der Waals surface area (Å²) in [5.41, 5.74) is 7.94. The molecule has 1 saturated heterocycles. The zero-order valence-corrected chi connectivity index (χ0v) is 13.4. The minimum Gasteiger partial charge on any atom is -0.254 e. The monoisotopic (exact) mass is 291 g/mol. The Morgan fingerprint density at radius 2 is 1.38 bits per heavy atom. The van der Waals surface area contributed by atoms with Crippen molar-refractivity contribution < 1.29 is 4.79 Å². The van der Waals surface area contributed by atoms with Crippen LogP contribution in [0.25, 0.3) is 0 Å². The lowest BCUT2D eigenvalue weighted by Gasteiger charge is -2.43. The van der Waals surface area contributed by atoms with Crippen LogP contribution in [0.2, 0.25) is 0 Å². The predicted molar refractivity (Wildman–Crippen MR) is 79.5 cm³/mol. The number of hydrogen-bond donors (Lipinski definition) is 2. The fourth-order valence-corrected chi connectivity index (χ4v) is 2.12. The summed E-state index contributed by atoms with van der Waals surface area (Å²) in [6.07, 6.45) is 0.615. The van der Waals surface area contributed by atoms with E-state index in [0.29, 0.717) is 12.0 Å². The van der Waals surface area contributed by atoms with Crippen molar-refractivity contribution in [2.75, 3.05) is 0 Å². The average molecular weight is 291 g/mol. The third-order valence-electron chi connectivity index (χ3n) is 3.12. The highest BCUT2D eigenvalue weighted by molar-refractivity contribution is 5.75. The van der Waals surface area contributed by atoms with Crippen LogP contribution in [0.4, 0.5) is 4.79 Å². The second-order valence-electron chi connectivity index (χ2n) is 5.78. The van der Waals surface area contributed by atoms with Crippen LogP contribution < -0.4 is 10.9 Å². The Balaban J connectivity index is 2.33. The van der Waals surface area contributed by atoms with E-state index < -0.39 is 0 Å². The fraction of sp³-hybridized carbons (Fsp3) is 0.571. The van der Waals surface area contributed by atoms with Crippen molar-refractivity contribution in [3.63, 3.8) is 0 Å². The first kappa shape index (κ1) is 15.7. The van der Waals surface area contributed by atoms with Gasteiger partial charge < -0.3 is 0 Å². The lowest BCUT2D eigenvalue weighted by atomic mass is 10.3. The number of rotatable bonds is 3. The molecule has 2 rings (SSSR count). The molecule has 0 unspecified atom stereocenters. The Hall–Kier alpha value is -1.73. The molecular weight excluding hydrogens is 268 g/mol. The van der Waals surface area contributed by atoms with Crippen molar-refractivity contribution in [3.8, 4) is 0 Å². The summed E-state index contributed by atoms with van der Waals surface area (Å²) in [6, 6.07) is 1.83. The second kappa shape index (κ2) is 5.95. The number of hydrazine groups is 2. The molecule has 0 saturated carbocycles. The van der Waals surface area contributed by atoms with E-state index in [9.17, 15) is 4.79 Å². The summed E-state index contributed by atoms with van der Waals surface area (Å²) in [5.74, 6) is 0.552. The molecule has 1 aromatic heterocycles. The highest BCUT2D eigenvalue weighted by Gasteiger charge is 2.36. The molecule has 2 N–H and O–H groups in total. The third-order valence-corrected chi connectivity index (χ3v) is 3.12. The number of nitrogens with zero attached hydrogens (tertiary/aromatic N) is 4. The zero-order chi connectivity index (χ0) is 15.7. The molecule has 1 fully saturated rings. The van der Waals surface area contributed by atoms with Crippen LogP contribution in [0.5, 0.6) is 0 Å². The van der Waals surface area contributed by atoms with Gasteiger partial charge in [-0.25, -0.2) is 14.8 Å². The number of carbonyl (C=O) groups is 1. The normalized spacial score (nSPS) is 17.2. The van der Waals surface area contributed by atoms with Gasteiger partial charge in [0.1, 0.15) is 0 Å². The highest BCUT2D eigenvalue weighted by Crippen LogP contribution is 2.16. The summed E-state index contributed by atoms with van der Waals surface area (Å²) >= 11 is 0. The Labute approximate surface area is 125 Å². The van der Waals surface area contributed by atoms with Gasteiger partial charge in [0.05, 0.1) is 0 Å². The van der Waals surface area contributed by atoms with E-state index in [4.69, 9.17) is 0 Å². The van der Waals surface area contributed by atoms with Crippen LogP contribution in [0.1, 0.15) is 44.9 Å². The molecule has 2 heterocycles. The van der Waals surface area contributed by atoms with Crippen molar-refractivity contribution in [1.29, 1.82) is 0 Å². The van der Waals surface area contributed by atoms with Crippen LogP contribution in [-0.2, 0) is 0 Å². The van der Waals surface area contributed by atoms with Gasteiger partial charge in [0.2, 0.25) is 6.17 Å². The summed E-state index contributed by atoms with van der Waals surface area (Å²) < 4.78 is 0. The van der Waals surface area contributed by atoms with Gasteiger partial charge in [0.15, 0.2) is 5.82 Å². The molecule has 7 heteroatoms. The minimum atomic E-state index is -0.117. The van der Waals surface area contributed by atoms with Crippen LogP contribution >= 0.6 is 0 Å². The molecule has 0 aromatic carbocycles. The second-order valence-corrected chi connectivity index (χ2v) is 5.78. The van der Waals surface area contributed by atoms with E-state index in [1.807, 2.05) is 47.6 Å². The maximum absolute atomic E-state index is 12.4. The molecular formula is C14H23N6O. The van der Waals surface area contributed by atoms with Gasteiger partial charge in [0.25, 0.3) is 0 Å². The number of carbonyl (C=O) groups excluding carboxylic acids is 1. The van der Waals surface area contributed by atoms with E-state index in [2.05, 4.69) is 20.8 Å². The lowest BCUT2D eigenvalue weighted by molar-refractivity contribution is 0.0418. The zero-order valence-electron chi connectivity index (χ0n) is 13.4. The highest BCUT2D eigenvalue weighted by atomic mass is 16.2. The first-order chi connectivity index (χ1) is 9.79. The summed E-state index contributed by atoms with van der Waals surface area (Å²) in [7, 11) is 0. The Morgan fingerprint density at radius 1 is 0.952 bits per heavy atom. The quantitative estimate of drug-likeness (QED) is 0.883. The first-order valence-electron chi connectivity index (χ1n) is 7.15. The number of hydrogen-bond acceptors (Lipinski definition) is 5. The minimum absolute atomic E-state index is 0.0155.